The maximum absolute atomic E-state index is 10.5. The SMILES string of the molecule is CN=C(NOC=O)c1cccc(N2CCC(OCc3c(-c4c(Cl)cccc4Cl)noc3C3CC3)C2)c1. The summed E-state index contributed by atoms with van der Waals surface area (Å²) in [5, 5.41) is 5.42. The highest BCUT2D eigenvalue weighted by molar-refractivity contribution is 6.39. The average Bonchev–Trinajstić information content (AvgIpc) is 3.47. The lowest BCUT2D eigenvalue weighted by molar-refractivity contribution is -0.132. The molecule has 2 aliphatic rings. The molecule has 188 valence electrons. The number of ether oxygens (including phenoxy) is 1. The molecule has 1 saturated carbocycles. The Labute approximate surface area is 219 Å². The van der Waals surface area contributed by atoms with E-state index in [2.05, 4.69) is 25.4 Å². The fourth-order valence-electron chi connectivity index (χ4n) is 4.51. The zero-order chi connectivity index (χ0) is 25.1. The lowest BCUT2D eigenvalue weighted by atomic mass is 10.0. The number of hydroxylamine groups is 1. The molecule has 36 heavy (non-hydrogen) atoms. The van der Waals surface area contributed by atoms with Crippen molar-refractivity contribution in [3.8, 4) is 11.3 Å². The van der Waals surface area contributed by atoms with Gasteiger partial charge in [-0.05, 0) is 43.5 Å². The van der Waals surface area contributed by atoms with Crippen LogP contribution in [0.5, 0.6) is 0 Å². The van der Waals surface area contributed by atoms with E-state index in [9.17, 15) is 4.79 Å². The number of benzene rings is 2. The number of hydrogen-bond donors (Lipinski definition) is 1. The summed E-state index contributed by atoms with van der Waals surface area (Å²) in [5.41, 5.74) is 6.68. The van der Waals surface area contributed by atoms with Crippen LogP contribution in [0.2, 0.25) is 10.0 Å². The quantitative estimate of drug-likeness (QED) is 0.172. The second kappa shape index (κ2) is 10.9. The van der Waals surface area contributed by atoms with Gasteiger partial charge < -0.3 is 19.0 Å². The van der Waals surface area contributed by atoms with Gasteiger partial charge in [0.1, 0.15) is 11.5 Å². The van der Waals surface area contributed by atoms with Gasteiger partial charge in [-0.2, -0.15) is 0 Å². The molecule has 2 heterocycles. The summed E-state index contributed by atoms with van der Waals surface area (Å²) in [5.74, 6) is 1.72. The number of hydrogen-bond acceptors (Lipinski definition) is 7. The topological polar surface area (TPSA) is 89.2 Å². The Morgan fingerprint density at radius 2 is 2.00 bits per heavy atom. The van der Waals surface area contributed by atoms with Crippen LogP contribution in [-0.2, 0) is 21.0 Å². The van der Waals surface area contributed by atoms with E-state index in [1.54, 1.807) is 19.2 Å². The summed E-state index contributed by atoms with van der Waals surface area (Å²) < 4.78 is 12.1. The lowest BCUT2D eigenvalue weighted by Gasteiger charge is -2.20. The van der Waals surface area contributed by atoms with Gasteiger partial charge in [0, 0.05) is 48.4 Å². The van der Waals surface area contributed by atoms with Crippen molar-refractivity contribution in [2.75, 3.05) is 25.0 Å². The molecule has 3 aromatic rings. The van der Waals surface area contributed by atoms with Crippen molar-refractivity contribution < 1.29 is 18.9 Å². The molecule has 0 radical (unpaired) electrons. The van der Waals surface area contributed by atoms with E-state index in [-0.39, 0.29) is 6.10 Å². The molecule has 0 spiro atoms. The van der Waals surface area contributed by atoms with Gasteiger partial charge in [-0.15, -0.1) is 0 Å². The number of rotatable bonds is 9. The van der Waals surface area contributed by atoms with Crippen molar-refractivity contribution in [2.24, 2.45) is 4.99 Å². The number of carbonyl (C=O) groups excluding carboxylic acids is 1. The third-order valence-corrected chi connectivity index (χ3v) is 7.12. The molecular formula is C26H26Cl2N4O4. The second-order valence-corrected chi connectivity index (χ2v) is 9.67. The van der Waals surface area contributed by atoms with Gasteiger partial charge in [-0.1, -0.05) is 46.6 Å². The minimum absolute atomic E-state index is 0.0426. The number of aromatic nitrogens is 1. The first-order chi connectivity index (χ1) is 17.6. The minimum atomic E-state index is 0.0426. The summed E-state index contributed by atoms with van der Waals surface area (Å²) in [4.78, 5) is 21.6. The summed E-state index contributed by atoms with van der Waals surface area (Å²) >= 11 is 13.0. The van der Waals surface area contributed by atoms with Gasteiger partial charge in [0.25, 0.3) is 0 Å². The molecule has 1 atom stereocenters. The van der Waals surface area contributed by atoms with Crippen LogP contribution in [0.15, 0.2) is 52.0 Å². The molecule has 1 N–H and O–H groups in total. The number of aliphatic imine (C=N–C) groups is 1. The standard InChI is InChI=1S/C26H26Cl2N4O4/c1-29-26(31-35-15-33)17-4-2-5-18(12-17)32-11-10-19(13-32)34-14-20-24(30-36-25(20)16-8-9-16)23-21(27)6-3-7-22(23)28/h2-7,12,15-16,19H,8-11,13-14H2,1H3,(H,29,31). The molecule has 0 amide bonds. The third-order valence-electron chi connectivity index (χ3n) is 6.49. The Balaban J connectivity index is 1.29. The molecule has 2 aromatic carbocycles. The normalized spacial score (nSPS) is 17.9. The number of anilines is 1. The van der Waals surface area contributed by atoms with E-state index in [0.29, 0.717) is 46.1 Å². The Morgan fingerprint density at radius 1 is 1.22 bits per heavy atom. The predicted octanol–water partition coefficient (Wildman–Crippen LogP) is 5.38. The molecule has 1 saturated heterocycles. The first-order valence-electron chi connectivity index (χ1n) is 11.8. The van der Waals surface area contributed by atoms with E-state index in [0.717, 1.165) is 54.9 Å². The Morgan fingerprint density at radius 3 is 2.72 bits per heavy atom. The number of halogens is 2. The second-order valence-electron chi connectivity index (χ2n) is 8.85. The first-order valence-corrected chi connectivity index (χ1v) is 12.6. The van der Waals surface area contributed by atoms with Crippen molar-refractivity contribution >= 4 is 41.2 Å². The van der Waals surface area contributed by atoms with Gasteiger partial charge in [0.05, 0.1) is 22.8 Å². The maximum Gasteiger partial charge on any atom is 0.320 e. The van der Waals surface area contributed by atoms with Gasteiger partial charge in [-0.25, -0.2) is 5.48 Å². The van der Waals surface area contributed by atoms with E-state index in [1.165, 1.54) is 0 Å². The van der Waals surface area contributed by atoms with Crippen LogP contribution in [0.25, 0.3) is 11.3 Å². The maximum atomic E-state index is 10.5. The molecule has 0 bridgehead atoms. The number of carbonyl (C=O) groups is 1. The number of nitrogens with one attached hydrogen (secondary N) is 1. The number of nitrogens with zero attached hydrogens (tertiary/aromatic N) is 3. The Kier molecular flexibility index (Phi) is 7.46. The smallest absolute Gasteiger partial charge is 0.320 e. The first kappa shape index (κ1) is 24.6. The van der Waals surface area contributed by atoms with Crippen molar-refractivity contribution in [3.63, 3.8) is 0 Å². The monoisotopic (exact) mass is 528 g/mol. The summed E-state index contributed by atoms with van der Waals surface area (Å²) in [7, 11) is 1.63. The van der Waals surface area contributed by atoms with E-state index >= 15 is 0 Å². The van der Waals surface area contributed by atoms with Crippen LogP contribution in [0.4, 0.5) is 5.69 Å². The Hall–Kier alpha value is -3.07. The van der Waals surface area contributed by atoms with Crippen LogP contribution in [-0.4, -0.2) is 43.7 Å². The molecule has 2 fully saturated rings. The van der Waals surface area contributed by atoms with Gasteiger partial charge in [-0.3, -0.25) is 9.79 Å². The highest BCUT2D eigenvalue weighted by atomic mass is 35.5. The largest absolute Gasteiger partial charge is 0.371 e. The number of amidine groups is 1. The fourth-order valence-corrected chi connectivity index (χ4v) is 5.09. The van der Waals surface area contributed by atoms with Gasteiger partial charge in [0.15, 0.2) is 5.84 Å². The summed E-state index contributed by atoms with van der Waals surface area (Å²) in [6, 6.07) is 13.3. The molecule has 8 nitrogen and oxygen atoms in total. The van der Waals surface area contributed by atoms with E-state index < -0.39 is 0 Å². The van der Waals surface area contributed by atoms with Crippen molar-refractivity contribution in [2.45, 2.75) is 37.9 Å². The van der Waals surface area contributed by atoms with Crippen LogP contribution < -0.4 is 10.4 Å². The van der Waals surface area contributed by atoms with Gasteiger partial charge >= 0.3 is 6.47 Å². The van der Waals surface area contributed by atoms with Crippen LogP contribution in [0.1, 0.15) is 42.1 Å². The molecule has 1 aliphatic heterocycles. The van der Waals surface area contributed by atoms with Gasteiger partial charge in [0.2, 0.25) is 0 Å². The predicted molar refractivity (Wildman–Crippen MR) is 139 cm³/mol. The summed E-state index contributed by atoms with van der Waals surface area (Å²) in [6.07, 6.45) is 3.10. The fraction of sp³-hybridized carbons (Fsp3) is 0.346. The van der Waals surface area contributed by atoms with Crippen molar-refractivity contribution in [1.82, 2.24) is 10.6 Å². The molecule has 1 unspecified atom stereocenters. The Bertz CT molecular complexity index is 1250. The highest BCUT2D eigenvalue weighted by Crippen LogP contribution is 2.46. The third kappa shape index (κ3) is 5.21. The van der Waals surface area contributed by atoms with Crippen molar-refractivity contribution in [1.29, 1.82) is 0 Å². The molecule has 5 rings (SSSR count). The van der Waals surface area contributed by atoms with Crippen LogP contribution in [0, 0.1) is 0 Å². The van der Waals surface area contributed by atoms with Crippen LogP contribution >= 0.6 is 23.2 Å². The average molecular weight is 529 g/mol. The van der Waals surface area contributed by atoms with E-state index in [4.69, 9.17) is 32.5 Å². The molecular weight excluding hydrogens is 503 g/mol. The molecule has 1 aliphatic carbocycles. The lowest BCUT2D eigenvalue weighted by Crippen LogP contribution is -2.26. The van der Waals surface area contributed by atoms with E-state index in [1.807, 2.05) is 30.3 Å². The van der Waals surface area contributed by atoms with Crippen molar-refractivity contribution in [3.05, 3.63) is 69.4 Å². The molecule has 1 aromatic heterocycles. The van der Waals surface area contributed by atoms with Crippen LogP contribution in [0.3, 0.4) is 0 Å². The highest BCUT2D eigenvalue weighted by Gasteiger charge is 2.34. The minimum Gasteiger partial charge on any atom is -0.371 e. The zero-order valence-corrected chi connectivity index (χ0v) is 21.3. The summed E-state index contributed by atoms with van der Waals surface area (Å²) in [6.45, 7) is 2.30. The zero-order valence-electron chi connectivity index (χ0n) is 19.7. The molecule has 10 heteroatoms.